The van der Waals surface area contributed by atoms with E-state index in [4.69, 9.17) is 11.6 Å². The highest BCUT2D eigenvalue weighted by molar-refractivity contribution is 6.30. The molecule has 0 bridgehead atoms. The van der Waals surface area contributed by atoms with Gasteiger partial charge in [-0.1, -0.05) is 55.3 Å². The zero-order chi connectivity index (χ0) is 15.6. The second-order valence-corrected chi connectivity index (χ2v) is 5.89. The van der Waals surface area contributed by atoms with Gasteiger partial charge in [0.2, 0.25) is 0 Å². The Morgan fingerprint density at radius 3 is 2.62 bits per heavy atom. The first-order chi connectivity index (χ1) is 9.90. The van der Waals surface area contributed by atoms with E-state index in [1.807, 2.05) is 39.0 Å². The number of hydrogen-bond donors (Lipinski definition) is 1. The molecule has 0 aliphatic rings. The van der Waals surface area contributed by atoms with E-state index in [2.05, 4.69) is 11.1 Å². The molecule has 0 spiro atoms. The predicted octanol–water partition coefficient (Wildman–Crippen LogP) is 2.86. The number of hydrogen-bond acceptors (Lipinski definition) is 2. The van der Waals surface area contributed by atoms with Gasteiger partial charge in [0.1, 0.15) is 5.15 Å². The van der Waals surface area contributed by atoms with Crippen molar-refractivity contribution in [1.29, 1.82) is 0 Å². The summed E-state index contributed by atoms with van der Waals surface area (Å²) in [4.78, 5) is 26.9. The standard InChI is InChI=1S/C16H19ClN2O2/c1-10(2)13-14(17)18-16(21)19(15(13)20)8-7-12-6-4-5-11(3)9-12/h4-6,9-10H,7-8H2,1-3H3,(H,18,21). The van der Waals surface area contributed by atoms with Gasteiger partial charge < -0.3 is 0 Å². The Hall–Kier alpha value is -1.81. The van der Waals surface area contributed by atoms with E-state index in [9.17, 15) is 9.59 Å². The van der Waals surface area contributed by atoms with Crippen LogP contribution in [0, 0.1) is 6.92 Å². The summed E-state index contributed by atoms with van der Waals surface area (Å²) in [5, 5.41) is 0.145. The molecule has 1 aromatic carbocycles. The number of aryl methyl sites for hydroxylation is 2. The third kappa shape index (κ3) is 3.45. The molecular formula is C16H19ClN2O2. The maximum Gasteiger partial charge on any atom is 0.329 e. The maximum absolute atomic E-state index is 12.4. The second kappa shape index (κ2) is 6.31. The number of nitrogens with one attached hydrogen (secondary N) is 1. The first-order valence-electron chi connectivity index (χ1n) is 6.98. The molecule has 1 N–H and O–H groups in total. The lowest BCUT2D eigenvalue weighted by atomic mass is 10.1. The molecule has 2 aromatic rings. The number of nitrogens with zero attached hydrogens (tertiary/aromatic N) is 1. The summed E-state index contributed by atoms with van der Waals surface area (Å²) in [6, 6.07) is 8.03. The van der Waals surface area contributed by atoms with E-state index in [1.165, 1.54) is 4.57 Å². The SMILES string of the molecule is Cc1cccc(CCn2c(=O)[nH]c(Cl)c(C(C)C)c2=O)c1. The van der Waals surface area contributed by atoms with Crippen LogP contribution in [0.3, 0.4) is 0 Å². The molecule has 0 atom stereocenters. The van der Waals surface area contributed by atoms with Gasteiger partial charge in [0.05, 0.1) is 5.56 Å². The fraction of sp³-hybridized carbons (Fsp3) is 0.375. The molecule has 0 aliphatic carbocycles. The summed E-state index contributed by atoms with van der Waals surface area (Å²) in [6.45, 7) is 6.12. The molecule has 0 amide bonds. The molecular weight excluding hydrogens is 288 g/mol. The first kappa shape index (κ1) is 15.6. The Kier molecular flexibility index (Phi) is 4.68. The fourth-order valence-corrected chi connectivity index (χ4v) is 2.75. The Balaban J connectivity index is 2.35. The van der Waals surface area contributed by atoms with Crippen molar-refractivity contribution < 1.29 is 0 Å². The van der Waals surface area contributed by atoms with Crippen LogP contribution in [-0.4, -0.2) is 9.55 Å². The van der Waals surface area contributed by atoms with Crippen molar-refractivity contribution in [3.8, 4) is 0 Å². The van der Waals surface area contributed by atoms with Gasteiger partial charge in [-0.05, 0) is 24.8 Å². The van der Waals surface area contributed by atoms with Crippen molar-refractivity contribution in [1.82, 2.24) is 9.55 Å². The summed E-state index contributed by atoms with van der Waals surface area (Å²) in [5.41, 5.74) is 1.96. The highest BCUT2D eigenvalue weighted by Gasteiger charge is 2.15. The summed E-state index contributed by atoms with van der Waals surface area (Å²) in [5.74, 6) is -0.0351. The molecule has 1 aromatic heterocycles. The monoisotopic (exact) mass is 306 g/mol. The van der Waals surface area contributed by atoms with Crippen molar-refractivity contribution >= 4 is 11.6 Å². The summed E-state index contributed by atoms with van der Waals surface area (Å²) in [6.07, 6.45) is 0.629. The lowest BCUT2D eigenvalue weighted by molar-refractivity contribution is 0.611. The highest BCUT2D eigenvalue weighted by Crippen LogP contribution is 2.16. The van der Waals surface area contributed by atoms with Crippen LogP contribution in [0.25, 0.3) is 0 Å². The van der Waals surface area contributed by atoms with Crippen molar-refractivity contribution in [3.63, 3.8) is 0 Å². The van der Waals surface area contributed by atoms with Gasteiger partial charge in [-0.15, -0.1) is 0 Å². The molecule has 0 unspecified atom stereocenters. The summed E-state index contributed by atoms with van der Waals surface area (Å²) < 4.78 is 1.23. The molecule has 1 heterocycles. The van der Waals surface area contributed by atoms with Gasteiger partial charge in [-0.2, -0.15) is 0 Å². The van der Waals surface area contributed by atoms with Gasteiger partial charge in [-0.3, -0.25) is 14.3 Å². The highest BCUT2D eigenvalue weighted by atomic mass is 35.5. The van der Waals surface area contributed by atoms with E-state index < -0.39 is 5.69 Å². The van der Waals surface area contributed by atoms with Crippen LogP contribution >= 0.6 is 11.6 Å². The molecule has 5 heteroatoms. The number of H-pyrrole nitrogens is 1. The summed E-state index contributed by atoms with van der Waals surface area (Å²) >= 11 is 5.97. The molecule has 4 nitrogen and oxygen atoms in total. The van der Waals surface area contributed by atoms with E-state index in [0.29, 0.717) is 18.5 Å². The molecule has 0 radical (unpaired) electrons. The van der Waals surface area contributed by atoms with Gasteiger partial charge in [0.25, 0.3) is 5.56 Å². The average Bonchev–Trinajstić information content (AvgIpc) is 2.37. The van der Waals surface area contributed by atoms with Gasteiger partial charge in [-0.25, -0.2) is 4.79 Å². The lowest BCUT2D eigenvalue weighted by Gasteiger charge is -2.11. The molecule has 21 heavy (non-hydrogen) atoms. The molecule has 2 rings (SSSR count). The lowest BCUT2D eigenvalue weighted by Crippen LogP contribution is -2.38. The second-order valence-electron chi connectivity index (χ2n) is 5.51. The fourth-order valence-electron chi connectivity index (χ4n) is 2.37. The van der Waals surface area contributed by atoms with Crippen LogP contribution in [0.1, 0.15) is 36.5 Å². The minimum absolute atomic E-state index is 0.0351. The Morgan fingerprint density at radius 1 is 1.29 bits per heavy atom. The van der Waals surface area contributed by atoms with Crippen LogP contribution in [-0.2, 0) is 13.0 Å². The number of halogens is 1. The van der Waals surface area contributed by atoms with Crippen molar-refractivity contribution in [2.24, 2.45) is 0 Å². The zero-order valence-corrected chi connectivity index (χ0v) is 13.2. The quantitative estimate of drug-likeness (QED) is 0.883. The molecule has 0 saturated carbocycles. The largest absolute Gasteiger partial charge is 0.329 e. The summed E-state index contributed by atoms with van der Waals surface area (Å²) in [7, 11) is 0. The molecule has 0 fully saturated rings. The Labute approximate surface area is 128 Å². The van der Waals surface area contributed by atoms with Crippen molar-refractivity contribution in [2.45, 2.75) is 39.7 Å². The smallest absolute Gasteiger partial charge is 0.297 e. The molecule has 0 saturated heterocycles. The van der Waals surface area contributed by atoms with Crippen LogP contribution in [0.5, 0.6) is 0 Å². The molecule has 112 valence electrons. The first-order valence-corrected chi connectivity index (χ1v) is 7.36. The predicted molar refractivity (Wildman–Crippen MR) is 85.3 cm³/mol. The van der Waals surface area contributed by atoms with Crippen molar-refractivity contribution in [3.05, 3.63) is 66.9 Å². The zero-order valence-electron chi connectivity index (χ0n) is 12.4. The number of benzene rings is 1. The van der Waals surface area contributed by atoms with Gasteiger partial charge in [0, 0.05) is 6.54 Å². The average molecular weight is 307 g/mol. The third-order valence-corrected chi connectivity index (χ3v) is 3.76. The van der Waals surface area contributed by atoms with E-state index in [-0.39, 0.29) is 16.6 Å². The van der Waals surface area contributed by atoms with Crippen LogP contribution in [0.2, 0.25) is 5.15 Å². The van der Waals surface area contributed by atoms with E-state index in [0.717, 1.165) is 11.1 Å². The minimum atomic E-state index is -0.456. The van der Waals surface area contributed by atoms with Gasteiger partial charge in [0.15, 0.2) is 0 Å². The number of aromatic nitrogens is 2. The van der Waals surface area contributed by atoms with E-state index in [1.54, 1.807) is 0 Å². The van der Waals surface area contributed by atoms with Crippen molar-refractivity contribution in [2.75, 3.05) is 0 Å². The van der Waals surface area contributed by atoms with Crippen LogP contribution < -0.4 is 11.2 Å². The number of aromatic amines is 1. The minimum Gasteiger partial charge on any atom is -0.297 e. The van der Waals surface area contributed by atoms with Crippen LogP contribution in [0.15, 0.2) is 33.9 Å². The Bertz CT molecular complexity index is 760. The van der Waals surface area contributed by atoms with E-state index >= 15 is 0 Å². The normalized spacial score (nSPS) is 11.1. The number of rotatable bonds is 4. The topological polar surface area (TPSA) is 54.9 Å². The molecule has 0 aliphatic heterocycles. The maximum atomic E-state index is 12.4. The van der Waals surface area contributed by atoms with Gasteiger partial charge >= 0.3 is 5.69 Å². The van der Waals surface area contributed by atoms with Crippen LogP contribution in [0.4, 0.5) is 0 Å². The Morgan fingerprint density at radius 2 is 2.00 bits per heavy atom. The third-order valence-electron chi connectivity index (χ3n) is 3.46.